The molecule has 3 N–H and O–H groups in total. The Hall–Kier alpha value is -1.69. The molecule has 2 aliphatic rings. The van der Waals surface area contributed by atoms with E-state index in [-0.39, 0.29) is 17.4 Å². The van der Waals surface area contributed by atoms with Crippen molar-refractivity contribution in [2.75, 3.05) is 25.4 Å². The summed E-state index contributed by atoms with van der Waals surface area (Å²) in [5.74, 6) is 0.117. The summed E-state index contributed by atoms with van der Waals surface area (Å²) in [4.78, 5) is 23.2. The van der Waals surface area contributed by atoms with Crippen molar-refractivity contribution in [3.63, 3.8) is 0 Å². The van der Waals surface area contributed by atoms with Gasteiger partial charge < -0.3 is 11.1 Å². The standard InChI is InChI=1S/C17H27N5O/c1-13-14(11-19-16(18)21-13)15(23)20-12-17(7-3-2-4-8-17)22-9-5-6-10-22/h11H,2-10,12H2,1H3,(H,20,23)(H2,18,19,21). The van der Waals surface area contributed by atoms with Gasteiger partial charge in [-0.1, -0.05) is 19.3 Å². The fourth-order valence-corrected chi connectivity index (χ4v) is 4.05. The van der Waals surface area contributed by atoms with Crippen molar-refractivity contribution in [2.45, 2.75) is 57.4 Å². The molecule has 1 saturated carbocycles. The van der Waals surface area contributed by atoms with Crippen LogP contribution in [0.2, 0.25) is 0 Å². The Morgan fingerprint density at radius 3 is 2.61 bits per heavy atom. The van der Waals surface area contributed by atoms with Crippen LogP contribution in [0.5, 0.6) is 0 Å². The second-order valence-corrected chi connectivity index (χ2v) is 6.89. The van der Waals surface area contributed by atoms with Gasteiger partial charge in [0.05, 0.1) is 11.3 Å². The van der Waals surface area contributed by atoms with Crippen LogP contribution in [0.15, 0.2) is 6.20 Å². The molecule has 0 spiro atoms. The quantitative estimate of drug-likeness (QED) is 0.886. The fourth-order valence-electron chi connectivity index (χ4n) is 4.05. The first-order valence-electron chi connectivity index (χ1n) is 8.73. The van der Waals surface area contributed by atoms with E-state index in [1.54, 1.807) is 6.92 Å². The van der Waals surface area contributed by atoms with Gasteiger partial charge in [-0.25, -0.2) is 9.97 Å². The predicted molar refractivity (Wildman–Crippen MR) is 90.1 cm³/mol. The van der Waals surface area contributed by atoms with Gasteiger partial charge in [-0.2, -0.15) is 0 Å². The number of aryl methyl sites for hydroxylation is 1. The van der Waals surface area contributed by atoms with E-state index in [1.165, 1.54) is 64.2 Å². The summed E-state index contributed by atoms with van der Waals surface area (Å²) in [5.41, 5.74) is 6.86. The van der Waals surface area contributed by atoms with Gasteiger partial charge in [-0.05, 0) is 45.7 Å². The lowest BCUT2D eigenvalue weighted by Crippen LogP contribution is -2.55. The van der Waals surface area contributed by atoms with Crippen molar-refractivity contribution >= 4 is 11.9 Å². The summed E-state index contributed by atoms with van der Waals surface area (Å²) in [6.07, 6.45) is 10.3. The van der Waals surface area contributed by atoms with Gasteiger partial charge in [-0.15, -0.1) is 0 Å². The summed E-state index contributed by atoms with van der Waals surface area (Å²) in [6.45, 7) is 4.85. The smallest absolute Gasteiger partial charge is 0.254 e. The SMILES string of the molecule is Cc1nc(N)ncc1C(=O)NCC1(N2CCCC2)CCCCC1. The minimum absolute atomic E-state index is 0.0911. The van der Waals surface area contributed by atoms with Crippen molar-refractivity contribution in [3.05, 3.63) is 17.5 Å². The average Bonchev–Trinajstić information content (AvgIpc) is 3.09. The highest BCUT2D eigenvalue weighted by molar-refractivity contribution is 5.95. The Labute approximate surface area is 137 Å². The van der Waals surface area contributed by atoms with E-state index in [0.717, 1.165) is 6.54 Å². The lowest BCUT2D eigenvalue weighted by atomic mass is 9.80. The molecule has 1 aliphatic carbocycles. The number of rotatable bonds is 4. The molecule has 126 valence electrons. The number of aromatic nitrogens is 2. The molecule has 1 aromatic heterocycles. The molecule has 0 bridgehead atoms. The number of amides is 1. The Bertz CT molecular complexity index is 562. The highest BCUT2D eigenvalue weighted by Gasteiger charge is 2.39. The molecule has 2 heterocycles. The lowest BCUT2D eigenvalue weighted by Gasteiger charge is -2.45. The highest BCUT2D eigenvalue weighted by Crippen LogP contribution is 2.35. The maximum atomic E-state index is 12.5. The van der Waals surface area contributed by atoms with Gasteiger partial charge in [-0.3, -0.25) is 9.69 Å². The number of likely N-dealkylation sites (tertiary alicyclic amines) is 1. The molecule has 3 rings (SSSR count). The number of nitrogens with one attached hydrogen (secondary N) is 1. The van der Waals surface area contributed by atoms with Crippen molar-refractivity contribution < 1.29 is 4.79 Å². The van der Waals surface area contributed by atoms with E-state index in [0.29, 0.717) is 11.3 Å². The van der Waals surface area contributed by atoms with E-state index in [1.807, 2.05) is 0 Å². The number of nitrogens with zero attached hydrogens (tertiary/aromatic N) is 3. The Morgan fingerprint density at radius 1 is 1.26 bits per heavy atom. The third-order valence-corrected chi connectivity index (χ3v) is 5.38. The van der Waals surface area contributed by atoms with Crippen molar-refractivity contribution in [1.29, 1.82) is 0 Å². The third-order valence-electron chi connectivity index (χ3n) is 5.38. The highest BCUT2D eigenvalue weighted by atomic mass is 16.1. The zero-order chi connectivity index (χ0) is 16.3. The van der Waals surface area contributed by atoms with Crippen LogP contribution in [0.25, 0.3) is 0 Å². The molecule has 1 aromatic rings. The number of hydrogen-bond donors (Lipinski definition) is 2. The molecule has 6 heteroatoms. The second-order valence-electron chi connectivity index (χ2n) is 6.89. The number of nitrogens with two attached hydrogens (primary N) is 1. The van der Waals surface area contributed by atoms with E-state index < -0.39 is 0 Å². The molecule has 0 radical (unpaired) electrons. The zero-order valence-corrected chi connectivity index (χ0v) is 14.0. The molecule has 0 aromatic carbocycles. The molecule has 6 nitrogen and oxygen atoms in total. The number of hydrogen-bond acceptors (Lipinski definition) is 5. The molecule has 0 unspecified atom stereocenters. The van der Waals surface area contributed by atoms with Crippen molar-refractivity contribution in [2.24, 2.45) is 0 Å². The topological polar surface area (TPSA) is 84.1 Å². The second kappa shape index (κ2) is 6.83. The predicted octanol–water partition coefficient (Wildman–Crippen LogP) is 1.90. The Kier molecular flexibility index (Phi) is 4.80. The molecule has 1 saturated heterocycles. The van der Waals surface area contributed by atoms with E-state index in [4.69, 9.17) is 5.73 Å². The molecule has 23 heavy (non-hydrogen) atoms. The van der Waals surface area contributed by atoms with Crippen LogP contribution in [-0.4, -0.2) is 45.9 Å². The summed E-state index contributed by atoms with van der Waals surface area (Å²) >= 11 is 0. The molecular formula is C17H27N5O. The van der Waals surface area contributed by atoms with Gasteiger partial charge >= 0.3 is 0 Å². The van der Waals surface area contributed by atoms with Gasteiger partial charge in [0.2, 0.25) is 5.95 Å². The van der Waals surface area contributed by atoms with Crippen LogP contribution >= 0.6 is 0 Å². The Morgan fingerprint density at radius 2 is 1.96 bits per heavy atom. The van der Waals surface area contributed by atoms with Crippen LogP contribution < -0.4 is 11.1 Å². The zero-order valence-electron chi connectivity index (χ0n) is 14.0. The van der Waals surface area contributed by atoms with Crippen LogP contribution in [0, 0.1) is 6.92 Å². The summed E-state index contributed by atoms with van der Waals surface area (Å²) < 4.78 is 0. The number of carbonyl (C=O) groups is 1. The van der Waals surface area contributed by atoms with Gasteiger partial charge in [0, 0.05) is 18.3 Å². The first-order chi connectivity index (χ1) is 11.1. The van der Waals surface area contributed by atoms with E-state index in [9.17, 15) is 4.79 Å². The number of anilines is 1. The number of nitrogen functional groups attached to an aromatic ring is 1. The minimum Gasteiger partial charge on any atom is -0.368 e. The van der Waals surface area contributed by atoms with Gasteiger partial charge in [0.1, 0.15) is 0 Å². The average molecular weight is 317 g/mol. The van der Waals surface area contributed by atoms with Crippen molar-refractivity contribution in [3.8, 4) is 0 Å². The van der Waals surface area contributed by atoms with Gasteiger partial charge in [0.15, 0.2) is 0 Å². The first kappa shape index (κ1) is 16.2. The van der Waals surface area contributed by atoms with Gasteiger partial charge in [0.25, 0.3) is 5.91 Å². The maximum Gasteiger partial charge on any atom is 0.254 e. The molecular weight excluding hydrogens is 290 g/mol. The maximum absolute atomic E-state index is 12.5. The first-order valence-corrected chi connectivity index (χ1v) is 8.73. The molecule has 1 aliphatic heterocycles. The molecule has 1 amide bonds. The van der Waals surface area contributed by atoms with Crippen LogP contribution in [0.1, 0.15) is 61.0 Å². The third kappa shape index (κ3) is 3.47. The lowest BCUT2D eigenvalue weighted by molar-refractivity contribution is 0.0652. The Balaban J connectivity index is 1.69. The van der Waals surface area contributed by atoms with Crippen LogP contribution in [0.4, 0.5) is 5.95 Å². The normalized spacial score (nSPS) is 21.3. The van der Waals surface area contributed by atoms with Crippen LogP contribution in [0.3, 0.4) is 0 Å². The largest absolute Gasteiger partial charge is 0.368 e. The van der Waals surface area contributed by atoms with E-state index >= 15 is 0 Å². The summed E-state index contributed by atoms with van der Waals surface area (Å²) in [7, 11) is 0. The molecule has 0 atom stereocenters. The summed E-state index contributed by atoms with van der Waals surface area (Å²) in [6, 6.07) is 0. The van der Waals surface area contributed by atoms with Crippen LogP contribution in [-0.2, 0) is 0 Å². The molecule has 2 fully saturated rings. The summed E-state index contributed by atoms with van der Waals surface area (Å²) in [5, 5.41) is 3.15. The fraction of sp³-hybridized carbons (Fsp3) is 0.706. The minimum atomic E-state index is -0.0911. The van der Waals surface area contributed by atoms with Crippen molar-refractivity contribution in [1.82, 2.24) is 20.2 Å². The number of carbonyl (C=O) groups excluding carboxylic acids is 1. The monoisotopic (exact) mass is 317 g/mol. The van der Waals surface area contributed by atoms with E-state index in [2.05, 4.69) is 20.2 Å².